The fourth-order valence-electron chi connectivity index (χ4n) is 4.23. The lowest BCUT2D eigenvalue weighted by atomic mass is 10.1. The molecule has 1 aliphatic heterocycles. The van der Waals surface area contributed by atoms with Crippen molar-refractivity contribution >= 4 is 45.1 Å². The second kappa shape index (κ2) is 8.32. The Kier molecular flexibility index (Phi) is 5.33. The van der Waals surface area contributed by atoms with Gasteiger partial charge < -0.3 is 14.5 Å². The molecule has 0 aliphatic carbocycles. The van der Waals surface area contributed by atoms with Crippen LogP contribution in [0.1, 0.15) is 12.5 Å². The monoisotopic (exact) mass is 463 g/mol. The summed E-state index contributed by atoms with van der Waals surface area (Å²) in [6, 6.07) is 3.72. The highest BCUT2D eigenvalue weighted by Crippen LogP contribution is 2.38. The molecular weight excluding hydrogens is 442 g/mol. The minimum atomic E-state index is -0.0583. The van der Waals surface area contributed by atoms with Crippen molar-refractivity contribution in [1.29, 1.82) is 0 Å². The molecule has 0 saturated carbocycles. The van der Waals surface area contributed by atoms with Gasteiger partial charge in [0.1, 0.15) is 23.4 Å². The largest absolute Gasteiger partial charge is 0.436 e. The number of halogens is 1. The number of piperazine rings is 1. The van der Waals surface area contributed by atoms with E-state index in [-0.39, 0.29) is 11.9 Å². The van der Waals surface area contributed by atoms with E-state index in [0.29, 0.717) is 41.8 Å². The van der Waals surface area contributed by atoms with Crippen molar-refractivity contribution in [2.75, 3.05) is 24.5 Å². The highest BCUT2D eigenvalue weighted by atomic mass is 35.5. The second-order valence-corrected chi connectivity index (χ2v) is 8.39. The smallest absolute Gasteiger partial charge is 0.246 e. The van der Waals surface area contributed by atoms with Gasteiger partial charge in [-0.05, 0) is 32.1 Å². The summed E-state index contributed by atoms with van der Waals surface area (Å²) in [5, 5.41) is 9.22. The van der Waals surface area contributed by atoms with E-state index < -0.39 is 0 Å². The number of hydrogen-bond acceptors (Lipinski definition) is 7. The number of nitrogens with zero attached hydrogens (tertiary/aromatic N) is 6. The number of fused-ring (bicyclic) bond motifs is 2. The normalized spacial score (nSPS) is 16.4. The molecule has 1 amide bonds. The third-order valence-corrected chi connectivity index (χ3v) is 6.36. The molecule has 0 radical (unpaired) electrons. The van der Waals surface area contributed by atoms with Crippen LogP contribution in [0.5, 0.6) is 11.6 Å². The van der Waals surface area contributed by atoms with Gasteiger partial charge in [-0.1, -0.05) is 18.2 Å². The summed E-state index contributed by atoms with van der Waals surface area (Å²) in [5.74, 6) is 1.66. The maximum absolute atomic E-state index is 12.1. The molecule has 0 unspecified atom stereocenters. The van der Waals surface area contributed by atoms with Crippen LogP contribution in [0.2, 0.25) is 5.02 Å². The number of nitrogens with one attached hydrogen (secondary N) is 1. The zero-order valence-corrected chi connectivity index (χ0v) is 19.0. The van der Waals surface area contributed by atoms with Gasteiger partial charge in [-0.25, -0.2) is 15.0 Å². The van der Waals surface area contributed by atoms with Crippen molar-refractivity contribution in [2.45, 2.75) is 19.9 Å². The molecule has 4 aromatic rings. The minimum absolute atomic E-state index is 0.0234. The summed E-state index contributed by atoms with van der Waals surface area (Å²) in [7, 11) is 0. The number of rotatable bonds is 4. The summed E-state index contributed by atoms with van der Waals surface area (Å²) in [5.41, 5.74) is 2.16. The lowest BCUT2D eigenvalue weighted by Gasteiger charge is -2.40. The fourth-order valence-corrected chi connectivity index (χ4v) is 4.43. The van der Waals surface area contributed by atoms with Crippen LogP contribution in [0.3, 0.4) is 0 Å². The molecule has 3 aromatic heterocycles. The first-order valence-corrected chi connectivity index (χ1v) is 10.9. The molecule has 4 heterocycles. The average molecular weight is 464 g/mol. The van der Waals surface area contributed by atoms with Gasteiger partial charge in [-0.15, -0.1) is 0 Å². The van der Waals surface area contributed by atoms with E-state index in [9.17, 15) is 4.79 Å². The van der Waals surface area contributed by atoms with Crippen molar-refractivity contribution in [1.82, 2.24) is 30.0 Å². The number of carbonyl (C=O) groups excluding carboxylic acids is 1. The Labute approximate surface area is 195 Å². The maximum atomic E-state index is 12.1. The molecule has 9 nitrogen and oxygen atoms in total. The Bertz CT molecular complexity index is 1390. The fraction of sp³-hybridized carbons (Fsp3) is 0.261. The van der Waals surface area contributed by atoms with Crippen molar-refractivity contribution in [3.8, 4) is 11.6 Å². The van der Waals surface area contributed by atoms with Crippen molar-refractivity contribution < 1.29 is 9.53 Å². The van der Waals surface area contributed by atoms with E-state index in [1.54, 1.807) is 12.4 Å². The number of pyridine rings is 1. The van der Waals surface area contributed by atoms with Gasteiger partial charge >= 0.3 is 0 Å². The first kappa shape index (κ1) is 21.1. The van der Waals surface area contributed by atoms with Gasteiger partial charge in [0.25, 0.3) is 0 Å². The van der Waals surface area contributed by atoms with Gasteiger partial charge in [0.2, 0.25) is 11.8 Å². The molecule has 0 spiro atoms. The van der Waals surface area contributed by atoms with Gasteiger partial charge in [0, 0.05) is 47.8 Å². The van der Waals surface area contributed by atoms with Crippen LogP contribution in [-0.2, 0) is 4.79 Å². The van der Waals surface area contributed by atoms with Crippen LogP contribution >= 0.6 is 11.6 Å². The molecule has 1 atom stereocenters. The number of aromatic amines is 1. The van der Waals surface area contributed by atoms with E-state index in [1.807, 2.05) is 30.9 Å². The molecule has 1 aromatic carbocycles. The molecular formula is C23H22ClN7O2. The van der Waals surface area contributed by atoms with Gasteiger partial charge in [0.05, 0.1) is 17.1 Å². The predicted octanol–water partition coefficient (Wildman–Crippen LogP) is 3.88. The Hall–Kier alpha value is -3.72. The Morgan fingerprint density at radius 3 is 2.94 bits per heavy atom. The topological polar surface area (TPSA) is 100 Å². The molecule has 0 bridgehead atoms. The van der Waals surface area contributed by atoms with Gasteiger partial charge in [-0.2, -0.15) is 5.10 Å². The quantitative estimate of drug-likeness (QED) is 0.458. The van der Waals surface area contributed by atoms with Gasteiger partial charge in [-0.3, -0.25) is 9.89 Å². The summed E-state index contributed by atoms with van der Waals surface area (Å²) in [4.78, 5) is 29.5. The summed E-state index contributed by atoms with van der Waals surface area (Å²) >= 11 is 6.40. The molecule has 1 N–H and O–H groups in total. The first-order chi connectivity index (χ1) is 16.0. The number of amides is 1. The van der Waals surface area contributed by atoms with Crippen molar-refractivity contribution in [2.24, 2.45) is 0 Å². The molecule has 5 rings (SSSR count). The van der Waals surface area contributed by atoms with Crippen LogP contribution in [0, 0.1) is 6.92 Å². The summed E-state index contributed by atoms with van der Waals surface area (Å²) in [6.45, 7) is 9.39. The lowest BCUT2D eigenvalue weighted by Crippen LogP contribution is -2.54. The van der Waals surface area contributed by atoms with Crippen LogP contribution in [0.25, 0.3) is 21.8 Å². The van der Waals surface area contributed by atoms with Gasteiger partial charge in [0.15, 0.2) is 0 Å². The van der Waals surface area contributed by atoms with Crippen LogP contribution in [0.4, 0.5) is 5.82 Å². The molecule has 33 heavy (non-hydrogen) atoms. The predicted molar refractivity (Wildman–Crippen MR) is 127 cm³/mol. The third kappa shape index (κ3) is 3.64. The van der Waals surface area contributed by atoms with Crippen molar-refractivity contribution in [3.63, 3.8) is 0 Å². The number of ether oxygens (including phenoxy) is 1. The zero-order chi connectivity index (χ0) is 23.1. The SMILES string of the molecule is C=CC(=O)N1CCN(c2ncnc3c(Oc4c(C)c(Cl)cc5[nH]ncc45)nccc23)C[C@H]1C. The highest BCUT2D eigenvalue weighted by molar-refractivity contribution is 6.32. The molecule has 1 aliphatic rings. The number of H-pyrrole nitrogens is 1. The summed E-state index contributed by atoms with van der Waals surface area (Å²) in [6.07, 6.45) is 6.25. The molecule has 1 saturated heterocycles. The van der Waals surface area contributed by atoms with E-state index in [0.717, 1.165) is 27.7 Å². The second-order valence-electron chi connectivity index (χ2n) is 7.99. The van der Waals surface area contributed by atoms with E-state index in [4.69, 9.17) is 16.3 Å². The maximum Gasteiger partial charge on any atom is 0.246 e. The number of benzene rings is 1. The van der Waals surface area contributed by atoms with E-state index >= 15 is 0 Å². The standard InChI is InChI=1S/C23H22ClN7O2/c1-4-19(32)31-8-7-30(11-13(31)2)22-15-5-6-25-23(20(15)26-12-27-22)33-21-14(3)17(24)9-18-16(21)10-28-29-18/h4-6,9-10,12-13H,1,7-8,11H2,2-3H3,(H,28,29)/t13-/m1/s1. The van der Waals surface area contributed by atoms with Crippen molar-refractivity contribution in [3.05, 3.63) is 54.1 Å². The average Bonchev–Trinajstić information content (AvgIpc) is 3.29. The third-order valence-electron chi connectivity index (χ3n) is 5.97. The van der Waals surface area contributed by atoms with E-state index in [1.165, 1.54) is 12.4 Å². The Morgan fingerprint density at radius 1 is 1.30 bits per heavy atom. The zero-order valence-electron chi connectivity index (χ0n) is 18.2. The minimum Gasteiger partial charge on any atom is -0.436 e. The lowest BCUT2D eigenvalue weighted by molar-refractivity contribution is -0.128. The number of anilines is 1. The number of hydrogen-bond donors (Lipinski definition) is 1. The summed E-state index contributed by atoms with van der Waals surface area (Å²) < 4.78 is 6.27. The Morgan fingerprint density at radius 2 is 2.15 bits per heavy atom. The highest BCUT2D eigenvalue weighted by Gasteiger charge is 2.28. The number of carbonyl (C=O) groups is 1. The molecule has 1 fully saturated rings. The molecule has 168 valence electrons. The van der Waals surface area contributed by atoms with Crippen LogP contribution < -0.4 is 9.64 Å². The van der Waals surface area contributed by atoms with Crippen LogP contribution in [-0.4, -0.2) is 61.6 Å². The molecule has 10 heteroatoms. The van der Waals surface area contributed by atoms with E-state index in [2.05, 4.69) is 36.6 Å². The Balaban J connectivity index is 1.53. The first-order valence-electron chi connectivity index (χ1n) is 10.6. The van der Waals surface area contributed by atoms with Crippen LogP contribution in [0.15, 0.2) is 43.5 Å². The number of aromatic nitrogens is 5.